The second-order valence-electron chi connectivity index (χ2n) is 6.73. The Morgan fingerprint density at radius 2 is 2.10 bits per heavy atom. The summed E-state index contributed by atoms with van der Waals surface area (Å²) in [6.45, 7) is 3.55. The number of nitrogens with one attached hydrogen (secondary N) is 1. The van der Waals surface area contributed by atoms with Crippen LogP contribution in [0.4, 0.5) is 0 Å². The highest BCUT2D eigenvalue weighted by Crippen LogP contribution is 2.52. The SMILES string of the molecule is Cn1ccnc1C1=NC2(ON1)C1CC3CC2CN(C3)C1. The number of amidine groups is 1. The van der Waals surface area contributed by atoms with Crippen molar-refractivity contribution < 1.29 is 4.84 Å². The average Bonchev–Trinajstić information content (AvgIpc) is 3.02. The van der Waals surface area contributed by atoms with E-state index < -0.39 is 0 Å². The maximum Gasteiger partial charge on any atom is 0.195 e. The van der Waals surface area contributed by atoms with E-state index in [2.05, 4.69) is 15.4 Å². The van der Waals surface area contributed by atoms with Crippen LogP contribution in [0, 0.1) is 17.8 Å². The number of hydroxylamine groups is 1. The van der Waals surface area contributed by atoms with Gasteiger partial charge in [0.05, 0.1) is 0 Å². The van der Waals surface area contributed by atoms with Crippen LogP contribution in [0.15, 0.2) is 17.4 Å². The molecule has 1 aromatic rings. The minimum atomic E-state index is -0.339. The summed E-state index contributed by atoms with van der Waals surface area (Å²) >= 11 is 0. The zero-order valence-electron chi connectivity index (χ0n) is 11.6. The average molecular weight is 273 g/mol. The van der Waals surface area contributed by atoms with Crippen LogP contribution in [0.5, 0.6) is 0 Å². The third-order valence-electron chi connectivity index (χ3n) is 5.51. The fourth-order valence-electron chi connectivity index (χ4n) is 4.73. The number of aliphatic imine (C=N–C) groups is 1. The van der Waals surface area contributed by atoms with E-state index in [1.807, 2.05) is 17.8 Å². The van der Waals surface area contributed by atoms with Crippen LogP contribution in [-0.4, -0.2) is 45.6 Å². The Labute approximate surface area is 117 Å². The van der Waals surface area contributed by atoms with Gasteiger partial charge < -0.3 is 9.47 Å². The predicted octanol–water partition coefficient (Wildman–Crippen LogP) is 0.369. The third kappa shape index (κ3) is 1.31. The number of imidazole rings is 1. The first-order valence-electron chi connectivity index (χ1n) is 7.48. The van der Waals surface area contributed by atoms with Crippen molar-refractivity contribution in [1.82, 2.24) is 19.9 Å². The zero-order chi connectivity index (χ0) is 13.3. The van der Waals surface area contributed by atoms with E-state index >= 15 is 0 Å². The molecule has 6 nitrogen and oxygen atoms in total. The maximum absolute atomic E-state index is 6.08. The first-order valence-corrected chi connectivity index (χ1v) is 7.48. The molecule has 1 N–H and O–H groups in total. The van der Waals surface area contributed by atoms with Crippen molar-refractivity contribution in [3.63, 3.8) is 0 Å². The highest BCUT2D eigenvalue weighted by Gasteiger charge is 2.60. The number of hydrogen-bond donors (Lipinski definition) is 1. The molecular weight excluding hydrogens is 254 g/mol. The van der Waals surface area contributed by atoms with Gasteiger partial charge in [-0.2, -0.15) is 0 Å². The molecule has 5 heterocycles. The second kappa shape index (κ2) is 3.62. The summed E-state index contributed by atoms with van der Waals surface area (Å²) in [4.78, 5) is 18.0. The Bertz CT molecular complexity index is 564. The fourth-order valence-corrected chi connectivity index (χ4v) is 4.73. The van der Waals surface area contributed by atoms with E-state index in [9.17, 15) is 0 Å². The molecule has 1 saturated carbocycles. The lowest BCUT2D eigenvalue weighted by Gasteiger charge is -2.58. The van der Waals surface area contributed by atoms with Gasteiger partial charge in [-0.15, -0.1) is 0 Å². The monoisotopic (exact) mass is 273 g/mol. The van der Waals surface area contributed by atoms with Gasteiger partial charge in [-0.05, 0) is 18.8 Å². The number of aromatic nitrogens is 2. The number of rotatable bonds is 1. The van der Waals surface area contributed by atoms with Gasteiger partial charge in [-0.3, -0.25) is 0 Å². The summed E-state index contributed by atoms with van der Waals surface area (Å²) in [7, 11) is 1.99. The lowest BCUT2D eigenvalue weighted by Crippen LogP contribution is -2.66. The lowest BCUT2D eigenvalue weighted by molar-refractivity contribution is -0.212. The molecule has 0 radical (unpaired) electrons. The minimum absolute atomic E-state index is 0.339. The highest BCUT2D eigenvalue weighted by molar-refractivity contribution is 5.96. The molecule has 1 aromatic heterocycles. The molecule has 0 amide bonds. The Kier molecular flexibility index (Phi) is 2.04. The topological polar surface area (TPSA) is 54.7 Å². The van der Waals surface area contributed by atoms with Gasteiger partial charge in [0, 0.05) is 50.9 Å². The van der Waals surface area contributed by atoms with Crippen molar-refractivity contribution in [3.05, 3.63) is 18.2 Å². The molecule has 106 valence electrons. The normalized spacial score (nSPS) is 45.0. The standard InChI is InChI=1S/C14H19N5O/c1-18-3-2-15-13(18)12-16-14(20-17-12)10-4-9-5-11(14)8-19(6-9)7-10/h2-3,9-11H,4-8H2,1H3,(H,16,17). The summed E-state index contributed by atoms with van der Waals surface area (Å²) in [6.07, 6.45) is 6.25. The molecule has 4 bridgehead atoms. The molecule has 1 aliphatic carbocycles. The fraction of sp³-hybridized carbons (Fsp3) is 0.714. The molecule has 5 aliphatic rings. The third-order valence-corrected chi connectivity index (χ3v) is 5.51. The summed E-state index contributed by atoms with van der Waals surface area (Å²) in [5, 5.41) is 0. The minimum Gasteiger partial charge on any atom is -0.331 e. The Balaban J connectivity index is 1.55. The zero-order valence-corrected chi connectivity index (χ0v) is 11.6. The Hall–Kier alpha value is -1.40. The predicted molar refractivity (Wildman–Crippen MR) is 72.8 cm³/mol. The van der Waals surface area contributed by atoms with Gasteiger partial charge in [0.1, 0.15) is 0 Å². The largest absolute Gasteiger partial charge is 0.331 e. The van der Waals surface area contributed by atoms with Crippen molar-refractivity contribution in [2.24, 2.45) is 29.8 Å². The summed E-state index contributed by atoms with van der Waals surface area (Å²) in [5.41, 5.74) is 2.73. The maximum atomic E-state index is 6.08. The molecule has 4 aliphatic heterocycles. The van der Waals surface area contributed by atoms with Gasteiger partial charge in [0.25, 0.3) is 0 Å². The number of hydrogen-bond acceptors (Lipinski definition) is 5. The smallest absolute Gasteiger partial charge is 0.195 e. The summed E-state index contributed by atoms with van der Waals surface area (Å²) < 4.78 is 1.98. The molecule has 2 unspecified atom stereocenters. The second-order valence-corrected chi connectivity index (χ2v) is 6.73. The number of aryl methyl sites for hydroxylation is 1. The molecule has 0 aromatic carbocycles. The van der Waals surface area contributed by atoms with Gasteiger partial charge in [-0.1, -0.05) is 0 Å². The molecule has 20 heavy (non-hydrogen) atoms. The molecule has 3 saturated heterocycles. The molecule has 4 fully saturated rings. The van der Waals surface area contributed by atoms with E-state index in [1.165, 1.54) is 19.4 Å². The van der Waals surface area contributed by atoms with Crippen LogP contribution in [0.1, 0.15) is 18.7 Å². The van der Waals surface area contributed by atoms with Crippen LogP contribution in [0.3, 0.4) is 0 Å². The summed E-state index contributed by atoms with van der Waals surface area (Å²) in [6, 6.07) is 0. The van der Waals surface area contributed by atoms with E-state index in [1.54, 1.807) is 6.20 Å². The summed E-state index contributed by atoms with van der Waals surface area (Å²) in [5.74, 6) is 3.56. The van der Waals surface area contributed by atoms with Crippen LogP contribution in [-0.2, 0) is 11.9 Å². The van der Waals surface area contributed by atoms with Crippen LogP contribution >= 0.6 is 0 Å². The molecule has 6 heteroatoms. The molecular formula is C14H19N5O. The van der Waals surface area contributed by atoms with E-state index in [-0.39, 0.29) is 5.72 Å². The van der Waals surface area contributed by atoms with Crippen LogP contribution < -0.4 is 5.48 Å². The van der Waals surface area contributed by atoms with Crippen molar-refractivity contribution >= 4 is 5.84 Å². The number of nitrogens with zero attached hydrogens (tertiary/aromatic N) is 4. The molecule has 6 rings (SSSR count). The van der Waals surface area contributed by atoms with E-state index in [0.717, 1.165) is 30.7 Å². The first kappa shape index (κ1) is 11.3. The van der Waals surface area contributed by atoms with Crippen molar-refractivity contribution in [3.8, 4) is 0 Å². The lowest BCUT2D eigenvalue weighted by atomic mass is 9.63. The van der Waals surface area contributed by atoms with Crippen molar-refractivity contribution in [1.29, 1.82) is 0 Å². The quantitative estimate of drug-likeness (QED) is 0.803. The molecule has 1 spiro atoms. The van der Waals surface area contributed by atoms with Gasteiger partial charge in [0.15, 0.2) is 17.4 Å². The van der Waals surface area contributed by atoms with Gasteiger partial charge in [-0.25, -0.2) is 20.3 Å². The number of piperidine rings is 3. The van der Waals surface area contributed by atoms with Crippen molar-refractivity contribution in [2.45, 2.75) is 18.6 Å². The van der Waals surface area contributed by atoms with Crippen molar-refractivity contribution in [2.75, 3.05) is 19.6 Å². The van der Waals surface area contributed by atoms with Crippen LogP contribution in [0.25, 0.3) is 0 Å². The van der Waals surface area contributed by atoms with Gasteiger partial charge >= 0.3 is 0 Å². The molecule has 2 atom stereocenters. The van der Waals surface area contributed by atoms with E-state index in [4.69, 9.17) is 9.83 Å². The highest BCUT2D eigenvalue weighted by atomic mass is 16.7. The van der Waals surface area contributed by atoms with Gasteiger partial charge in [0.2, 0.25) is 0 Å². The van der Waals surface area contributed by atoms with Crippen LogP contribution in [0.2, 0.25) is 0 Å². The Morgan fingerprint density at radius 3 is 2.75 bits per heavy atom. The first-order chi connectivity index (χ1) is 9.74. The van der Waals surface area contributed by atoms with E-state index in [0.29, 0.717) is 11.8 Å². The Morgan fingerprint density at radius 1 is 1.30 bits per heavy atom.